The summed E-state index contributed by atoms with van der Waals surface area (Å²) in [5, 5.41) is 18.1. The van der Waals surface area contributed by atoms with Gasteiger partial charge in [-0.1, -0.05) is 12.1 Å². The fourth-order valence-corrected chi connectivity index (χ4v) is 1.62. The quantitative estimate of drug-likeness (QED) is 0.910. The van der Waals surface area contributed by atoms with Crippen LogP contribution in [-0.2, 0) is 0 Å². The highest BCUT2D eigenvalue weighted by Crippen LogP contribution is 2.30. The van der Waals surface area contributed by atoms with Crippen molar-refractivity contribution < 1.29 is 14.6 Å². The van der Waals surface area contributed by atoms with Gasteiger partial charge < -0.3 is 9.84 Å². The predicted molar refractivity (Wildman–Crippen MR) is 67.2 cm³/mol. The average molecular weight is 254 g/mol. The zero-order valence-electron chi connectivity index (χ0n) is 10.1. The minimum absolute atomic E-state index is 0.0488. The van der Waals surface area contributed by atoms with Gasteiger partial charge in [0.1, 0.15) is 17.4 Å². The van der Waals surface area contributed by atoms with Crippen molar-refractivity contribution in [1.82, 2.24) is 4.98 Å². The molecule has 0 atom stereocenters. The molecule has 94 valence electrons. The maximum atomic E-state index is 11.2. The highest BCUT2D eigenvalue weighted by Gasteiger charge is 2.15. The Morgan fingerprint density at radius 3 is 2.89 bits per heavy atom. The molecule has 1 aromatic carbocycles. The molecule has 5 heteroatoms. The van der Waals surface area contributed by atoms with E-state index in [1.807, 2.05) is 6.07 Å². The molecular formula is C14H10N2O3. The fraction of sp³-hybridized carbons (Fsp3) is 0.0714. The van der Waals surface area contributed by atoms with Gasteiger partial charge in [-0.05, 0) is 24.6 Å². The van der Waals surface area contributed by atoms with E-state index in [0.29, 0.717) is 11.1 Å². The Hall–Kier alpha value is -2.87. The summed E-state index contributed by atoms with van der Waals surface area (Å²) in [6.45, 7) is 1.74. The zero-order chi connectivity index (χ0) is 13.8. The van der Waals surface area contributed by atoms with E-state index in [9.17, 15) is 4.79 Å². The number of ether oxygens (including phenoxy) is 1. The summed E-state index contributed by atoms with van der Waals surface area (Å²) in [7, 11) is 0. The molecule has 0 saturated heterocycles. The maximum absolute atomic E-state index is 11.2. The van der Waals surface area contributed by atoms with Gasteiger partial charge in [0.25, 0.3) is 0 Å². The van der Waals surface area contributed by atoms with Gasteiger partial charge in [0.15, 0.2) is 5.75 Å². The molecule has 5 nitrogen and oxygen atoms in total. The number of carbonyl (C=O) groups is 1. The van der Waals surface area contributed by atoms with Crippen LogP contribution in [0, 0.1) is 18.3 Å². The predicted octanol–water partition coefficient (Wildman–Crippen LogP) is 2.75. The number of benzene rings is 1. The number of rotatable bonds is 3. The molecule has 0 fully saturated rings. The van der Waals surface area contributed by atoms with Crippen LogP contribution >= 0.6 is 0 Å². The number of hydrogen-bond acceptors (Lipinski definition) is 4. The second-order valence-electron chi connectivity index (χ2n) is 3.84. The van der Waals surface area contributed by atoms with Crippen LogP contribution in [0.4, 0.5) is 0 Å². The molecular weight excluding hydrogens is 244 g/mol. The second-order valence-corrected chi connectivity index (χ2v) is 3.84. The van der Waals surface area contributed by atoms with Crippen LogP contribution in [0.1, 0.15) is 21.5 Å². The number of pyridine rings is 1. The number of carboxylic acids is 1. The number of para-hydroxylation sites is 1. The van der Waals surface area contributed by atoms with Crippen LogP contribution in [0.2, 0.25) is 0 Å². The van der Waals surface area contributed by atoms with Crippen molar-refractivity contribution in [2.45, 2.75) is 6.92 Å². The van der Waals surface area contributed by atoms with Gasteiger partial charge in [-0.15, -0.1) is 0 Å². The molecule has 1 heterocycles. The van der Waals surface area contributed by atoms with Crippen molar-refractivity contribution in [3.8, 4) is 17.6 Å². The molecule has 1 aromatic heterocycles. The number of aromatic carboxylic acids is 1. The molecule has 0 aliphatic heterocycles. The van der Waals surface area contributed by atoms with Crippen molar-refractivity contribution in [3.63, 3.8) is 0 Å². The number of aryl methyl sites for hydroxylation is 1. The van der Waals surface area contributed by atoms with E-state index in [0.717, 1.165) is 0 Å². The SMILES string of the molecule is Cc1cccc(C(=O)O)c1Oc1cnccc1C#N. The van der Waals surface area contributed by atoms with Crippen LogP contribution in [0.25, 0.3) is 0 Å². The minimum atomic E-state index is -1.08. The van der Waals surface area contributed by atoms with Crippen LogP contribution in [-0.4, -0.2) is 16.1 Å². The van der Waals surface area contributed by atoms with E-state index in [-0.39, 0.29) is 17.1 Å². The Labute approximate surface area is 109 Å². The van der Waals surface area contributed by atoms with Crippen molar-refractivity contribution in [3.05, 3.63) is 53.3 Å². The highest BCUT2D eigenvalue weighted by molar-refractivity contribution is 5.91. The number of carboxylic acid groups (broad SMARTS) is 1. The van der Waals surface area contributed by atoms with E-state index < -0.39 is 5.97 Å². The van der Waals surface area contributed by atoms with Gasteiger partial charge in [-0.3, -0.25) is 4.98 Å². The molecule has 2 aromatic rings. The molecule has 0 radical (unpaired) electrons. The van der Waals surface area contributed by atoms with Crippen molar-refractivity contribution in [2.75, 3.05) is 0 Å². The molecule has 2 rings (SSSR count). The molecule has 0 amide bonds. The molecule has 0 spiro atoms. The van der Waals surface area contributed by atoms with E-state index in [2.05, 4.69) is 4.98 Å². The number of nitrogens with zero attached hydrogens (tertiary/aromatic N) is 2. The van der Waals surface area contributed by atoms with E-state index in [1.165, 1.54) is 24.5 Å². The molecule has 19 heavy (non-hydrogen) atoms. The van der Waals surface area contributed by atoms with Crippen molar-refractivity contribution in [2.24, 2.45) is 0 Å². The summed E-state index contributed by atoms with van der Waals surface area (Å²) in [6, 6.07) is 8.31. The van der Waals surface area contributed by atoms with Crippen molar-refractivity contribution in [1.29, 1.82) is 5.26 Å². The molecule has 1 N–H and O–H groups in total. The summed E-state index contributed by atoms with van der Waals surface area (Å²) in [4.78, 5) is 15.0. The third-order valence-corrected chi connectivity index (χ3v) is 2.56. The maximum Gasteiger partial charge on any atom is 0.339 e. The van der Waals surface area contributed by atoms with Gasteiger partial charge in [0.2, 0.25) is 0 Å². The second kappa shape index (κ2) is 5.19. The monoisotopic (exact) mass is 254 g/mol. The first-order valence-corrected chi connectivity index (χ1v) is 5.48. The smallest absolute Gasteiger partial charge is 0.339 e. The van der Waals surface area contributed by atoms with E-state index >= 15 is 0 Å². The lowest BCUT2D eigenvalue weighted by atomic mass is 10.1. The third-order valence-electron chi connectivity index (χ3n) is 2.56. The first-order valence-electron chi connectivity index (χ1n) is 5.48. The summed E-state index contributed by atoms with van der Waals surface area (Å²) < 4.78 is 5.56. The van der Waals surface area contributed by atoms with Crippen molar-refractivity contribution >= 4 is 5.97 Å². The van der Waals surface area contributed by atoms with Gasteiger partial charge >= 0.3 is 5.97 Å². The van der Waals surface area contributed by atoms with E-state index in [1.54, 1.807) is 19.1 Å². The summed E-state index contributed by atoms with van der Waals surface area (Å²) in [6.07, 6.45) is 2.86. The number of hydrogen-bond donors (Lipinski definition) is 1. The highest BCUT2D eigenvalue weighted by atomic mass is 16.5. The fourth-order valence-electron chi connectivity index (χ4n) is 1.62. The lowest BCUT2D eigenvalue weighted by molar-refractivity contribution is 0.0694. The van der Waals surface area contributed by atoms with Gasteiger partial charge in [0, 0.05) is 6.20 Å². The molecule has 0 saturated carbocycles. The normalized spacial score (nSPS) is 9.68. The molecule has 0 bridgehead atoms. The summed E-state index contributed by atoms with van der Waals surface area (Å²) >= 11 is 0. The minimum Gasteiger partial charge on any atom is -0.478 e. The zero-order valence-corrected chi connectivity index (χ0v) is 10.1. The summed E-state index contributed by atoms with van der Waals surface area (Å²) in [5.41, 5.74) is 1.02. The first-order chi connectivity index (χ1) is 9.13. The summed E-state index contributed by atoms with van der Waals surface area (Å²) in [5.74, 6) is -0.623. The third kappa shape index (κ3) is 2.53. The molecule has 0 aliphatic rings. The van der Waals surface area contributed by atoms with Crippen LogP contribution < -0.4 is 4.74 Å². The number of aromatic nitrogens is 1. The van der Waals surface area contributed by atoms with E-state index in [4.69, 9.17) is 15.1 Å². The Kier molecular flexibility index (Phi) is 3.44. The molecule has 0 unspecified atom stereocenters. The average Bonchev–Trinajstić information content (AvgIpc) is 2.41. The first kappa shape index (κ1) is 12.6. The topological polar surface area (TPSA) is 83.2 Å². The van der Waals surface area contributed by atoms with Gasteiger partial charge in [0.05, 0.1) is 11.8 Å². The largest absolute Gasteiger partial charge is 0.478 e. The lowest BCUT2D eigenvalue weighted by Gasteiger charge is -2.11. The Balaban J connectivity index is 2.50. The molecule has 0 aliphatic carbocycles. The number of nitriles is 1. The standard InChI is InChI=1S/C14H10N2O3/c1-9-3-2-4-11(14(17)18)13(9)19-12-8-16-6-5-10(12)7-15/h2-6,8H,1H3,(H,17,18). The van der Waals surface area contributed by atoms with Gasteiger partial charge in [-0.25, -0.2) is 4.79 Å². The van der Waals surface area contributed by atoms with Crippen LogP contribution in [0.3, 0.4) is 0 Å². The van der Waals surface area contributed by atoms with Gasteiger partial charge in [-0.2, -0.15) is 5.26 Å². The van der Waals surface area contributed by atoms with Crippen LogP contribution in [0.15, 0.2) is 36.7 Å². The Bertz CT molecular complexity index is 675. The van der Waals surface area contributed by atoms with Crippen LogP contribution in [0.5, 0.6) is 11.5 Å². The lowest BCUT2D eigenvalue weighted by Crippen LogP contribution is -2.02. The Morgan fingerprint density at radius 1 is 1.42 bits per heavy atom. The Morgan fingerprint density at radius 2 is 2.21 bits per heavy atom.